The average molecular weight is 254 g/mol. The van der Waals surface area contributed by atoms with Crippen molar-refractivity contribution in [2.45, 2.75) is 23.4 Å². The number of hydrogen-bond acceptors (Lipinski definition) is 3. The van der Waals surface area contributed by atoms with Gasteiger partial charge in [0.1, 0.15) is 0 Å². The Morgan fingerprint density at radius 1 is 1.31 bits per heavy atom. The van der Waals surface area contributed by atoms with Crippen LogP contribution in [0.1, 0.15) is 18.6 Å². The molecule has 1 aromatic rings. The number of aliphatic hydroxyl groups is 1. The topological polar surface area (TPSA) is 54.4 Å². The van der Waals surface area contributed by atoms with Crippen LogP contribution in [-0.4, -0.2) is 19.0 Å². The van der Waals surface area contributed by atoms with Crippen molar-refractivity contribution in [3.63, 3.8) is 0 Å². The maximum atomic E-state index is 12.2. The van der Waals surface area contributed by atoms with E-state index in [0.29, 0.717) is 0 Å². The van der Waals surface area contributed by atoms with Crippen molar-refractivity contribution in [3.05, 3.63) is 29.8 Å². The normalized spacial score (nSPS) is 14.8. The van der Waals surface area contributed by atoms with Crippen LogP contribution in [0.2, 0.25) is 0 Å². The van der Waals surface area contributed by atoms with Gasteiger partial charge >= 0.3 is 5.51 Å². The Kier molecular flexibility index (Phi) is 3.30. The molecular formula is C9H9F3O3S. The van der Waals surface area contributed by atoms with E-state index in [2.05, 4.69) is 0 Å². The van der Waals surface area contributed by atoms with Gasteiger partial charge in [0.15, 0.2) is 0 Å². The van der Waals surface area contributed by atoms with Gasteiger partial charge in [0, 0.05) is 0 Å². The van der Waals surface area contributed by atoms with Crippen molar-refractivity contribution < 1.29 is 26.7 Å². The molecule has 1 rings (SSSR count). The highest BCUT2D eigenvalue weighted by Gasteiger charge is 2.46. The number of hydrogen-bond donors (Lipinski definition) is 1. The van der Waals surface area contributed by atoms with E-state index < -0.39 is 26.3 Å². The van der Waals surface area contributed by atoms with Crippen molar-refractivity contribution in [3.8, 4) is 0 Å². The molecule has 0 radical (unpaired) electrons. The number of benzene rings is 1. The van der Waals surface area contributed by atoms with Crippen LogP contribution in [0.5, 0.6) is 0 Å². The monoisotopic (exact) mass is 254 g/mol. The molecule has 0 bridgehead atoms. The third-order valence-corrected chi connectivity index (χ3v) is 3.44. The molecule has 90 valence electrons. The average Bonchev–Trinajstić information content (AvgIpc) is 2.16. The molecule has 0 aliphatic carbocycles. The van der Waals surface area contributed by atoms with Crippen LogP contribution in [0.3, 0.4) is 0 Å². The lowest BCUT2D eigenvalue weighted by Gasteiger charge is -2.10. The van der Waals surface area contributed by atoms with Gasteiger partial charge < -0.3 is 5.11 Å². The van der Waals surface area contributed by atoms with Gasteiger partial charge in [-0.3, -0.25) is 0 Å². The van der Waals surface area contributed by atoms with Gasteiger partial charge in [-0.2, -0.15) is 13.2 Å². The second-order valence-electron chi connectivity index (χ2n) is 3.20. The second kappa shape index (κ2) is 4.06. The van der Waals surface area contributed by atoms with Crippen molar-refractivity contribution in [1.82, 2.24) is 0 Å². The molecule has 0 fully saturated rings. The molecule has 0 amide bonds. The van der Waals surface area contributed by atoms with E-state index in [0.717, 1.165) is 18.2 Å². The summed E-state index contributed by atoms with van der Waals surface area (Å²) in [5, 5.41) is 9.14. The Hall–Kier alpha value is -1.08. The van der Waals surface area contributed by atoms with Crippen molar-refractivity contribution in [1.29, 1.82) is 0 Å². The summed E-state index contributed by atoms with van der Waals surface area (Å²) < 4.78 is 58.6. The molecule has 1 aromatic carbocycles. The fourth-order valence-electron chi connectivity index (χ4n) is 1.08. The fourth-order valence-corrected chi connectivity index (χ4v) is 1.89. The van der Waals surface area contributed by atoms with Crippen LogP contribution in [0, 0.1) is 0 Å². The highest BCUT2D eigenvalue weighted by atomic mass is 32.2. The lowest BCUT2D eigenvalue weighted by molar-refractivity contribution is -0.0436. The second-order valence-corrected chi connectivity index (χ2v) is 5.14. The van der Waals surface area contributed by atoms with Gasteiger partial charge in [-0.25, -0.2) is 8.42 Å². The highest BCUT2D eigenvalue weighted by molar-refractivity contribution is 7.92. The summed E-state index contributed by atoms with van der Waals surface area (Å²) in [7, 11) is -5.34. The van der Waals surface area contributed by atoms with Crippen LogP contribution in [-0.2, 0) is 9.84 Å². The van der Waals surface area contributed by atoms with E-state index >= 15 is 0 Å². The number of alkyl halides is 3. The molecule has 0 heterocycles. The first-order valence-corrected chi connectivity index (χ1v) is 5.74. The van der Waals surface area contributed by atoms with Gasteiger partial charge in [0.2, 0.25) is 0 Å². The third kappa shape index (κ3) is 2.35. The maximum Gasteiger partial charge on any atom is 0.501 e. The van der Waals surface area contributed by atoms with Crippen LogP contribution < -0.4 is 0 Å². The third-order valence-electron chi connectivity index (χ3n) is 1.96. The zero-order valence-electron chi connectivity index (χ0n) is 8.19. The van der Waals surface area contributed by atoms with Gasteiger partial charge in [0.05, 0.1) is 11.0 Å². The number of aliphatic hydroxyl groups excluding tert-OH is 1. The summed E-state index contributed by atoms with van der Waals surface area (Å²) in [6, 6.07) is 4.16. The molecule has 7 heteroatoms. The maximum absolute atomic E-state index is 12.2. The minimum Gasteiger partial charge on any atom is -0.389 e. The van der Waals surface area contributed by atoms with Gasteiger partial charge in [-0.05, 0) is 24.6 Å². The molecule has 1 atom stereocenters. The van der Waals surface area contributed by atoms with Crippen molar-refractivity contribution in [2.75, 3.05) is 0 Å². The number of rotatable bonds is 2. The summed E-state index contributed by atoms with van der Waals surface area (Å²) in [6.07, 6.45) is -1.02. The first-order chi connectivity index (χ1) is 7.16. The molecule has 1 N–H and O–H groups in total. The molecule has 0 aromatic heterocycles. The lowest BCUT2D eigenvalue weighted by Crippen LogP contribution is -2.23. The zero-order valence-corrected chi connectivity index (χ0v) is 9.01. The van der Waals surface area contributed by atoms with E-state index in [4.69, 9.17) is 5.11 Å². The van der Waals surface area contributed by atoms with Gasteiger partial charge in [-0.15, -0.1) is 0 Å². The Morgan fingerprint density at radius 2 is 1.88 bits per heavy atom. The predicted octanol–water partition coefficient (Wildman–Crippen LogP) is 2.03. The highest BCUT2D eigenvalue weighted by Crippen LogP contribution is 2.31. The molecule has 3 nitrogen and oxygen atoms in total. The molecule has 0 saturated carbocycles. The first kappa shape index (κ1) is 13.0. The Bertz CT molecular complexity index is 477. The summed E-state index contributed by atoms with van der Waals surface area (Å²) in [5.41, 5.74) is -5.21. The lowest BCUT2D eigenvalue weighted by atomic mass is 10.1. The summed E-state index contributed by atoms with van der Waals surface area (Å²) in [6.45, 7) is 1.33. The predicted molar refractivity (Wildman–Crippen MR) is 50.3 cm³/mol. The molecule has 0 unspecified atom stereocenters. The van der Waals surface area contributed by atoms with E-state index in [1.807, 2.05) is 0 Å². The summed E-state index contributed by atoms with van der Waals surface area (Å²) >= 11 is 0. The quantitative estimate of drug-likeness (QED) is 0.878. The zero-order chi connectivity index (χ0) is 12.6. The van der Waals surface area contributed by atoms with Crippen LogP contribution in [0.4, 0.5) is 13.2 Å². The van der Waals surface area contributed by atoms with E-state index in [9.17, 15) is 21.6 Å². The molecular weight excluding hydrogens is 245 g/mol. The molecule has 0 spiro atoms. The van der Waals surface area contributed by atoms with Crippen molar-refractivity contribution in [2.24, 2.45) is 0 Å². The van der Waals surface area contributed by atoms with Gasteiger partial charge in [0.25, 0.3) is 9.84 Å². The Morgan fingerprint density at radius 3 is 2.31 bits per heavy atom. The van der Waals surface area contributed by atoms with E-state index in [1.165, 1.54) is 13.0 Å². The molecule has 0 aliphatic rings. The fraction of sp³-hybridized carbons (Fsp3) is 0.333. The SMILES string of the molecule is C[C@H](O)c1cccc(S(=O)(=O)C(F)(F)F)c1. The molecule has 0 saturated heterocycles. The van der Waals surface area contributed by atoms with Crippen LogP contribution in [0.25, 0.3) is 0 Å². The number of halogens is 3. The van der Waals surface area contributed by atoms with Crippen LogP contribution >= 0.6 is 0 Å². The Labute approximate surface area is 90.4 Å². The first-order valence-electron chi connectivity index (χ1n) is 4.25. The van der Waals surface area contributed by atoms with Crippen LogP contribution in [0.15, 0.2) is 29.2 Å². The Balaban J connectivity index is 3.31. The minimum atomic E-state index is -5.34. The summed E-state index contributed by atoms with van der Waals surface area (Å²) in [4.78, 5) is -0.863. The van der Waals surface area contributed by atoms with E-state index in [-0.39, 0.29) is 5.56 Å². The number of sulfone groups is 1. The molecule has 16 heavy (non-hydrogen) atoms. The largest absolute Gasteiger partial charge is 0.501 e. The van der Waals surface area contributed by atoms with Gasteiger partial charge in [-0.1, -0.05) is 12.1 Å². The van der Waals surface area contributed by atoms with E-state index in [1.54, 1.807) is 0 Å². The van der Waals surface area contributed by atoms with Crippen molar-refractivity contribution >= 4 is 9.84 Å². The minimum absolute atomic E-state index is 0.116. The smallest absolute Gasteiger partial charge is 0.389 e. The molecule has 0 aliphatic heterocycles. The standard InChI is InChI=1S/C9H9F3O3S/c1-6(13)7-3-2-4-8(5-7)16(14,15)9(10,11)12/h2-6,13H,1H3/t6-/m0/s1. The summed E-state index contributed by atoms with van der Waals surface area (Å²) in [5.74, 6) is 0.